The van der Waals surface area contributed by atoms with Crippen LogP contribution in [0.15, 0.2) is 72.8 Å². The molecule has 150 valence electrons. The summed E-state index contributed by atoms with van der Waals surface area (Å²) in [5.74, 6) is 0. The smallest absolute Gasteiger partial charge is 0.429 e. The van der Waals surface area contributed by atoms with Gasteiger partial charge in [-0.25, -0.2) is 19.6 Å². The number of aliphatic hydroxyl groups excluding tert-OH is 1. The summed E-state index contributed by atoms with van der Waals surface area (Å²) in [5, 5.41) is 13.4. The van der Waals surface area contributed by atoms with E-state index in [0.29, 0.717) is 12.1 Å². The zero-order chi connectivity index (χ0) is 20.4. The highest BCUT2D eigenvalue weighted by atomic mass is 16.6. The average molecular weight is 393 g/mol. The number of hydrogen-bond acceptors (Lipinski definition) is 4. The number of carbonyl (C=O) groups is 2. The predicted octanol–water partition coefficient (Wildman–Crippen LogP) is 3.52. The standard InChI is InChI=1S/C22H23N3O4/c1-2-17-13-14-19-20(26)23(18-11-7-4-8-12-18)21(27)25(19)24(17)22(28)29-15-16-9-5-3-6-10-16/h3-14,17,19-20,26H,2,15H2,1H3. The van der Waals surface area contributed by atoms with Crippen LogP contribution in [0.4, 0.5) is 15.3 Å². The molecule has 1 N–H and O–H groups in total. The molecule has 2 aliphatic heterocycles. The second-order valence-corrected chi connectivity index (χ2v) is 6.98. The number of nitrogens with zero attached hydrogens (tertiary/aromatic N) is 3. The number of aliphatic hydroxyl groups is 1. The molecule has 2 aromatic rings. The van der Waals surface area contributed by atoms with Gasteiger partial charge in [-0.15, -0.1) is 0 Å². The summed E-state index contributed by atoms with van der Waals surface area (Å²) in [6, 6.07) is 16.8. The van der Waals surface area contributed by atoms with Crippen molar-refractivity contribution in [1.29, 1.82) is 0 Å². The number of anilines is 1. The number of hydrogen-bond donors (Lipinski definition) is 1. The highest BCUT2D eigenvalue weighted by Crippen LogP contribution is 2.34. The number of benzene rings is 2. The van der Waals surface area contributed by atoms with Gasteiger partial charge in [-0.05, 0) is 24.1 Å². The normalized spacial score (nSPS) is 23.3. The molecule has 0 bridgehead atoms. The van der Waals surface area contributed by atoms with Gasteiger partial charge in [0.15, 0.2) is 6.23 Å². The maximum atomic E-state index is 13.2. The van der Waals surface area contributed by atoms with Crippen LogP contribution in [0.25, 0.3) is 0 Å². The van der Waals surface area contributed by atoms with E-state index in [-0.39, 0.29) is 12.6 Å². The summed E-state index contributed by atoms with van der Waals surface area (Å²) in [4.78, 5) is 27.5. The topological polar surface area (TPSA) is 73.3 Å². The highest BCUT2D eigenvalue weighted by Gasteiger charge is 2.52. The lowest BCUT2D eigenvalue weighted by Gasteiger charge is -2.40. The van der Waals surface area contributed by atoms with Crippen molar-refractivity contribution in [3.63, 3.8) is 0 Å². The molecule has 2 aliphatic rings. The van der Waals surface area contributed by atoms with Crippen molar-refractivity contribution in [1.82, 2.24) is 10.0 Å². The number of amides is 3. The van der Waals surface area contributed by atoms with E-state index in [2.05, 4.69) is 0 Å². The number of hydrazine groups is 1. The van der Waals surface area contributed by atoms with E-state index in [0.717, 1.165) is 5.56 Å². The van der Waals surface area contributed by atoms with Gasteiger partial charge in [-0.3, -0.25) is 4.90 Å². The van der Waals surface area contributed by atoms with Crippen molar-refractivity contribution < 1.29 is 19.4 Å². The first-order valence-electron chi connectivity index (χ1n) is 9.65. The Morgan fingerprint density at radius 1 is 1.03 bits per heavy atom. The molecule has 7 nitrogen and oxygen atoms in total. The maximum Gasteiger partial charge on any atom is 0.429 e. The summed E-state index contributed by atoms with van der Waals surface area (Å²) >= 11 is 0. The summed E-state index contributed by atoms with van der Waals surface area (Å²) in [6.45, 7) is 2.03. The number of fused-ring (bicyclic) bond motifs is 1. The molecule has 1 saturated heterocycles. The van der Waals surface area contributed by atoms with Crippen molar-refractivity contribution in [2.75, 3.05) is 4.90 Å². The molecular formula is C22H23N3O4. The Morgan fingerprint density at radius 2 is 1.69 bits per heavy atom. The van der Waals surface area contributed by atoms with Gasteiger partial charge in [0, 0.05) is 5.69 Å². The second kappa shape index (κ2) is 7.97. The third kappa shape index (κ3) is 3.45. The average Bonchev–Trinajstić information content (AvgIpc) is 3.02. The van der Waals surface area contributed by atoms with Crippen molar-refractivity contribution in [3.05, 3.63) is 78.4 Å². The van der Waals surface area contributed by atoms with Crippen molar-refractivity contribution >= 4 is 17.8 Å². The lowest BCUT2D eigenvalue weighted by molar-refractivity contribution is -0.0372. The molecule has 7 heteroatoms. The van der Waals surface area contributed by atoms with Gasteiger partial charge in [0.2, 0.25) is 0 Å². The molecule has 3 atom stereocenters. The van der Waals surface area contributed by atoms with E-state index in [1.165, 1.54) is 14.9 Å². The Balaban J connectivity index is 1.60. The first-order chi connectivity index (χ1) is 14.1. The van der Waals surface area contributed by atoms with Gasteiger partial charge >= 0.3 is 12.1 Å². The van der Waals surface area contributed by atoms with Crippen LogP contribution in [0.3, 0.4) is 0 Å². The lowest BCUT2D eigenvalue weighted by Crippen LogP contribution is -2.58. The molecule has 0 spiro atoms. The van der Waals surface area contributed by atoms with Crippen LogP contribution in [0.1, 0.15) is 18.9 Å². The van der Waals surface area contributed by atoms with Gasteiger partial charge in [0.25, 0.3) is 0 Å². The van der Waals surface area contributed by atoms with E-state index >= 15 is 0 Å². The van der Waals surface area contributed by atoms with E-state index in [4.69, 9.17) is 4.74 Å². The zero-order valence-electron chi connectivity index (χ0n) is 16.1. The van der Waals surface area contributed by atoms with Crippen LogP contribution in [0, 0.1) is 0 Å². The number of urea groups is 1. The third-order valence-corrected chi connectivity index (χ3v) is 5.18. The fourth-order valence-electron chi connectivity index (χ4n) is 3.70. The van der Waals surface area contributed by atoms with Gasteiger partial charge in [0.1, 0.15) is 12.6 Å². The van der Waals surface area contributed by atoms with Crippen molar-refractivity contribution in [3.8, 4) is 0 Å². The van der Waals surface area contributed by atoms with Crippen LogP contribution in [-0.4, -0.2) is 45.6 Å². The van der Waals surface area contributed by atoms with Crippen LogP contribution >= 0.6 is 0 Å². The van der Waals surface area contributed by atoms with Crippen LogP contribution in [0.5, 0.6) is 0 Å². The SMILES string of the molecule is CCC1C=CC2C(O)N(c3ccccc3)C(=O)N2N1C(=O)OCc1ccccc1. The van der Waals surface area contributed by atoms with Gasteiger partial charge < -0.3 is 9.84 Å². The van der Waals surface area contributed by atoms with E-state index < -0.39 is 24.4 Å². The molecule has 2 heterocycles. The molecule has 1 fully saturated rings. The molecule has 0 saturated carbocycles. The molecule has 4 rings (SSSR count). The van der Waals surface area contributed by atoms with Gasteiger partial charge in [0.05, 0.1) is 6.04 Å². The van der Waals surface area contributed by atoms with Gasteiger partial charge in [-0.2, -0.15) is 0 Å². The van der Waals surface area contributed by atoms with Crippen LogP contribution < -0.4 is 4.90 Å². The second-order valence-electron chi connectivity index (χ2n) is 6.98. The fourth-order valence-corrected chi connectivity index (χ4v) is 3.70. The van der Waals surface area contributed by atoms with Crippen LogP contribution in [0.2, 0.25) is 0 Å². The number of ether oxygens (including phenoxy) is 1. The number of para-hydroxylation sites is 1. The monoisotopic (exact) mass is 393 g/mol. The zero-order valence-corrected chi connectivity index (χ0v) is 16.1. The molecule has 29 heavy (non-hydrogen) atoms. The molecule has 0 aromatic heterocycles. The van der Waals surface area contributed by atoms with Crippen LogP contribution in [-0.2, 0) is 11.3 Å². The molecular weight excluding hydrogens is 370 g/mol. The summed E-state index contributed by atoms with van der Waals surface area (Å²) in [6.07, 6.45) is 2.50. The minimum atomic E-state index is -1.11. The lowest BCUT2D eigenvalue weighted by atomic mass is 10.1. The first kappa shape index (κ1) is 19.0. The summed E-state index contributed by atoms with van der Waals surface area (Å²) in [7, 11) is 0. The Bertz CT molecular complexity index is 903. The highest BCUT2D eigenvalue weighted by molar-refractivity contribution is 5.96. The Kier molecular flexibility index (Phi) is 5.22. The Labute approximate surface area is 169 Å². The maximum absolute atomic E-state index is 13.2. The summed E-state index contributed by atoms with van der Waals surface area (Å²) in [5.41, 5.74) is 1.43. The Morgan fingerprint density at radius 3 is 2.34 bits per heavy atom. The molecule has 2 aromatic carbocycles. The first-order valence-corrected chi connectivity index (χ1v) is 9.65. The van der Waals surface area contributed by atoms with E-state index in [9.17, 15) is 14.7 Å². The van der Waals surface area contributed by atoms with Gasteiger partial charge in [-0.1, -0.05) is 67.6 Å². The Hall–Kier alpha value is -3.32. The number of rotatable bonds is 4. The quantitative estimate of drug-likeness (QED) is 0.807. The molecule has 0 aliphatic carbocycles. The minimum Gasteiger partial charge on any atom is -0.443 e. The van der Waals surface area contributed by atoms with E-state index in [1.807, 2.05) is 49.4 Å². The largest absolute Gasteiger partial charge is 0.443 e. The molecule has 3 unspecified atom stereocenters. The number of carbonyl (C=O) groups excluding carboxylic acids is 2. The van der Waals surface area contributed by atoms with Crippen molar-refractivity contribution in [2.24, 2.45) is 0 Å². The summed E-state index contributed by atoms with van der Waals surface area (Å²) < 4.78 is 5.49. The molecule has 0 radical (unpaired) electrons. The van der Waals surface area contributed by atoms with Crippen molar-refractivity contribution in [2.45, 2.75) is 38.3 Å². The predicted molar refractivity (Wildman–Crippen MR) is 108 cm³/mol. The minimum absolute atomic E-state index is 0.105. The third-order valence-electron chi connectivity index (χ3n) is 5.18. The fraction of sp³-hybridized carbons (Fsp3) is 0.273. The van der Waals surface area contributed by atoms with E-state index in [1.54, 1.807) is 30.3 Å². The molecule has 3 amide bonds.